The summed E-state index contributed by atoms with van der Waals surface area (Å²) in [4.78, 5) is 11.9. The van der Waals surface area contributed by atoms with Crippen LogP contribution in [-0.2, 0) is 0 Å². The lowest BCUT2D eigenvalue weighted by Crippen LogP contribution is -2.39. The molecular formula is C14H19ClN2O2. The van der Waals surface area contributed by atoms with Gasteiger partial charge in [0.05, 0.1) is 12.1 Å². The number of amides is 2. The molecule has 1 aromatic rings. The molecule has 0 aliphatic heterocycles. The summed E-state index contributed by atoms with van der Waals surface area (Å²) in [6.07, 6.45) is 5.79. The summed E-state index contributed by atoms with van der Waals surface area (Å²) >= 11 is 5.94. The maximum Gasteiger partial charge on any atom is 0.319 e. The Morgan fingerprint density at radius 2 is 2.05 bits per heavy atom. The van der Waals surface area contributed by atoms with Crippen molar-refractivity contribution in [2.45, 2.75) is 38.1 Å². The quantitative estimate of drug-likeness (QED) is 0.886. The summed E-state index contributed by atoms with van der Waals surface area (Å²) in [6, 6.07) is 5.30. The average Bonchev–Trinajstić information content (AvgIpc) is 2.42. The Morgan fingerprint density at radius 1 is 1.32 bits per heavy atom. The number of anilines is 1. The third-order valence-corrected chi connectivity index (χ3v) is 3.66. The molecule has 0 saturated heterocycles. The number of rotatable bonds is 3. The molecule has 1 aliphatic carbocycles. The van der Waals surface area contributed by atoms with Crippen LogP contribution >= 0.6 is 11.6 Å². The number of carbonyl (C=O) groups is 1. The third-order valence-electron chi connectivity index (χ3n) is 3.35. The maximum atomic E-state index is 11.9. The molecular weight excluding hydrogens is 264 g/mol. The van der Waals surface area contributed by atoms with Crippen molar-refractivity contribution in [1.29, 1.82) is 0 Å². The van der Waals surface area contributed by atoms with Gasteiger partial charge in [-0.1, -0.05) is 30.9 Å². The second kappa shape index (κ2) is 6.66. The molecule has 4 nitrogen and oxygen atoms in total. The molecule has 0 bridgehead atoms. The topological polar surface area (TPSA) is 50.4 Å². The lowest BCUT2D eigenvalue weighted by molar-refractivity contribution is 0.244. The number of urea groups is 1. The Kier molecular flexibility index (Phi) is 4.91. The minimum absolute atomic E-state index is 0.170. The van der Waals surface area contributed by atoms with Gasteiger partial charge in [0.2, 0.25) is 0 Å². The molecule has 2 N–H and O–H groups in total. The highest BCUT2D eigenvalue weighted by Gasteiger charge is 2.15. The Hall–Kier alpha value is -1.42. The fraction of sp³-hybridized carbons (Fsp3) is 0.500. The summed E-state index contributed by atoms with van der Waals surface area (Å²) in [7, 11) is 1.55. The predicted molar refractivity (Wildman–Crippen MR) is 77.0 cm³/mol. The van der Waals surface area contributed by atoms with Gasteiger partial charge < -0.3 is 15.4 Å². The maximum absolute atomic E-state index is 11.9. The van der Waals surface area contributed by atoms with Crippen LogP contribution in [0.5, 0.6) is 5.75 Å². The van der Waals surface area contributed by atoms with Crippen molar-refractivity contribution in [2.75, 3.05) is 12.4 Å². The first kappa shape index (κ1) is 14.0. The van der Waals surface area contributed by atoms with E-state index in [0.717, 1.165) is 12.8 Å². The molecule has 2 rings (SSSR count). The number of methoxy groups -OCH3 is 1. The van der Waals surface area contributed by atoms with E-state index >= 15 is 0 Å². The van der Waals surface area contributed by atoms with Crippen molar-refractivity contribution in [3.63, 3.8) is 0 Å². The Morgan fingerprint density at radius 3 is 2.74 bits per heavy atom. The van der Waals surface area contributed by atoms with Gasteiger partial charge >= 0.3 is 6.03 Å². The van der Waals surface area contributed by atoms with Crippen LogP contribution < -0.4 is 15.4 Å². The summed E-state index contributed by atoms with van der Waals surface area (Å²) in [6.45, 7) is 0. The molecule has 0 radical (unpaired) electrons. The van der Waals surface area contributed by atoms with Crippen molar-refractivity contribution in [2.24, 2.45) is 0 Å². The van der Waals surface area contributed by atoms with Crippen LogP contribution in [0.2, 0.25) is 5.02 Å². The van der Waals surface area contributed by atoms with Gasteiger partial charge in [-0.05, 0) is 25.0 Å². The molecule has 19 heavy (non-hydrogen) atoms. The lowest BCUT2D eigenvalue weighted by atomic mass is 9.96. The predicted octanol–water partition coefficient (Wildman–Crippen LogP) is 3.80. The van der Waals surface area contributed by atoms with E-state index in [4.69, 9.17) is 16.3 Å². The number of benzene rings is 1. The van der Waals surface area contributed by atoms with Crippen LogP contribution in [-0.4, -0.2) is 19.2 Å². The molecule has 0 aromatic heterocycles. The highest BCUT2D eigenvalue weighted by molar-refractivity contribution is 6.32. The number of halogens is 1. The van der Waals surface area contributed by atoms with Crippen LogP contribution in [0.1, 0.15) is 32.1 Å². The zero-order valence-electron chi connectivity index (χ0n) is 11.0. The minimum atomic E-state index is -0.170. The molecule has 104 valence electrons. The molecule has 1 fully saturated rings. The van der Waals surface area contributed by atoms with Crippen LogP contribution in [0.25, 0.3) is 0 Å². The SMILES string of the molecule is COc1cc(NC(=O)NC2CCCCC2)ccc1Cl. The van der Waals surface area contributed by atoms with E-state index in [1.54, 1.807) is 25.3 Å². The van der Waals surface area contributed by atoms with Crippen molar-refractivity contribution < 1.29 is 9.53 Å². The fourth-order valence-electron chi connectivity index (χ4n) is 2.34. The molecule has 0 unspecified atom stereocenters. The average molecular weight is 283 g/mol. The Balaban J connectivity index is 1.90. The van der Waals surface area contributed by atoms with Gasteiger partial charge in [0.25, 0.3) is 0 Å². The summed E-state index contributed by atoms with van der Waals surface area (Å²) in [5, 5.41) is 6.33. The first-order valence-electron chi connectivity index (χ1n) is 6.60. The molecule has 2 amide bonds. The van der Waals surface area contributed by atoms with E-state index in [1.807, 2.05) is 0 Å². The second-order valence-electron chi connectivity index (χ2n) is 4.78. The minimum Gasteiger partial charge on any atom is -0.495 e. The first-order valence-corrected chi connectivity index (χ1v) is 6.98. The van der Waals surface area contributed by atoms with Gasteiger partial charge in [-0.2, -0.15) is 0 Å². The van der Waals surface area contributed by atoms with Crippen molar-refractivity contribution in [3.05, 3.63) is 23.2 Å². The monoisotopic (exact) mass is 282 g/mol. The second-order valence-corrected chi connectivity index (χ2v) is 5.19. The molecule has 5 heteroatoms. The smallest absolute Gasteiger partial charge is 0.319 e. The van der Waals surface area contributed by atoms with Crippen LogP contribution in [0, 0.1) is 0 Å². The number of nitrogens with one attached hydrogen (secondary N) is 2. The van der Waals surface area contributed by atoms with Crippen molar-refractivity contribution >= 4 is 23.3 Å². The molecule has 1 aromatic carbocycles. The van der Waals surface area contributed by atoms with Gasteiger partial charge in [-0.3, -0.25) is 0 Å². The van der Waals surface area contributed by atoms with Gasteiger partial charge in [0.1, 0.15) is 5.75 Å². The van der Waals surface area contributed by atoms with E-state index in [2.05, 4.69) is 10.6 Å². The molecule has 0 heterocycles. The largest absolute Gasteiger partial charge is 0.495 e. The lowest BCUT2D eigenvalue weighted by Gasteiger charge is -2.22. The molecule has 1 aliphatic rings. The normalized spacial score (nSPS) is 15.9. The highest BCUT2D eigenvalue weighted by Crippen LogP contribution is 2.27. The standard InChI is InChI=1S/C14H19ClN2O2/c1-19-13-9-11(7-8-12(13)15)17-14(18)16-10-5-3-2-4-6-10/h7-10H,2-6H2,1H3,(H2,16,17,18). The van der Waals surface area contributed by atoms with E-state index < -0.39 is 0 Å². The van der Waals surface area contributed by atoms with Crippen LogP contribution in [0.4, 0.5) is 10.5 Å². The van der Waals surface area contributed by atoms with E-state index in [-0.39, 0.29) is 6.03 Å². The number of ether oxygens (including phenoxy) is 1. The van der Waals surface area contributed by atoms with Crippen molar-refractivity contribution in [1.82, 2.24) is 5.32 Å². The molecule has 0 spiro atoms. The first-order chi connectivity index (χ1) is 9.19. The fourth-order valence-corrected chi connectivity index (χ4v) is 2.53. The summed E-state index contributed by atoms with van der Waals surface area (Å²) < 4.78 is 5.11. The van der Waals surface area contributed by atoms with Gasteiger partial charge in [0, 0.05) is 17.8 Å². The zero-order valence-corrected chi connectivity index (χ0v) is 11.8. The molecule has 0 atom stereocenters. The van der Waals surface area contributed by atoms with Gasteiger partial charge in [-0.25, -0.2) is 4.79 Å². The highest BCUT2D eigenvalue weighted by atomic mass is 35.5. The Bertz CT molecular complexity index is 445. The van der Waals surface area contributed by atoms with E-state index in [9.17, 15) is 4.79 Å². The summed E-state index contributed by atoms with van der Waals surface area (Å²) in [5.41, 5.74) is 0.676. The van der Waals surface area contributed by atoms with Crippen LogP contribution in [0.3, 0.4) is 0 Å². The van der Waals surface area contributed by atoms with Crippen molar-refractivity contribution in [3.8, 4) is 5.75 Å². The zero-order chi connectivity index (χ0) is 13.7. The van der Waals surface area contributed by atoms with Crippen LogP contribution in [0.15, 0.2) is 18.2 Å². The summed E-state index contributed by atoms with van der Waals surface area (Å²) in [5.74, 6) is 0.553. The van der Waals surface area contributed by atoms with Gasteiger partial charge in [0.15, 0.2) is 0 Å². The third kappa shape index (κ3) is 4.03. The number of carbonyl (C=O) groups excluding carboxylic acids is 1. The van der Waals surface area contributed by atoms with E-state index in [1.165, 1.54) is 19.3 Å². The molecule has 1 saturated carbocycles. The Labute approximate surface area is 118 Å². The van der Waals surface area contributed by atoms with Gasteiger partial charge in [-0.15, -0.1) is 0 Å². The van der Waals surface area contributed by atoms with E-state index in [0.29, 0.717) is 22.5 Å². The number of hydrogen-bond acceptors (Lipinski definition) is 2. The number of hydrogen-bond donors (Lipinski definition) is 2.